The molecular weight excluding hydrogens is 299 g/mol. The highest BCUT2D eigenvalue weighted by Crippen LogP contribution is 2.16. The number of nitrogens with one attached hydrogen (secondary N) is 2. The lowest BCUT2D eigenvalue weighted by Gasteiger charge is -2.31. The summed E-state index contributed by atoms with van der Waals surface area (Å²) in [4.78, 5) is 11.8. The van der Waals surface area contributed by atoms with Gasteiger partial charge in [0, 0.05) is 13.7 Å². The molecule has 0 aromatic heterocycles. The zero-order valence-electron chi connectivity index (χ0n) is 11.7. The van der Waals surface area contributed by atoms with Crippen molar-refractivity contribution in [1.29, 1.82) is 0 Å². The molecule has 2 rings (SSSR count). The largest absolute Gasteiger partial charge is 0.445 e. The minimum absolute atomic E-state index is 0.0114. The first-order valence-electron chi connectivity index (χ1n) is 6.71. The Morgan fingerprint density at radius 1 is 1.57 bits per heavy atom. The van der Waals surface area contributed by atoms with Crippen molar-refractivity contribution in [1.82, 2.24) is 10.6 Å². The van der Waals surface area contributed by atoms with Crippen LogP contribution in [-0.2, 0) is 16.1 Å². The lowest BCUT2D eigenvalue weighted by molar-refractivity contribution is 0.0473. The first-order chi connectivity index (χ1) is 10.1. The minimum Gasteiger partial charge on any atom is -0.445 e. The molecule has 5 nitrogen and oxygen atoms in total. The fourth-order valence-corrected chi connectivity index (χ4v) is 2.33. The zero-order chi connectivity index (χ0) is 15.2. The Bertz CT molecular complexity index is 501. The van der Waals surface area contributed by atoms with Crippen molar-refractivity contribution in [2.75, 3.05) is 20.2 Å². The summed E-state index contributed by atoms with van der Waals surface area (Å²) in [6.45, 7) is 1.49. The Labute approximate surface area is 127 Å². The highest BCUT2D eigenvalue weighted by molar-refractivity contribution is 6.30. The average molecular weight is 317 g/mol. The molecule has 0 aliphatic carbocycles. The van der Waals surface area contributed by atoms with Gasteiger partial charge in [0.2, 0.25) is 0 Å². The summed E-state index contributed by atoms with van der Waals surface area (Å²) in [5.41, 5.74) is 0.542. The van der Waals surface area contributed by atoms with Crippen LogP contribution >= 0.6 is 11.6 Å². The van der Waals surface area contributed by atoms with E-state index in [1.807, 2.05) is 0 Å². The van der Waals surface area contributed by atoms with E-state index in [9.17, 15) is 9.18 Å². The van der Waals surface area contributed by atoms with Crippen LogP contribution in [0.2, 0.25) is 5.02 Å². The van der Waals surface area contributed by atoms with Gasteiger partial charge in [0.1, 0.15) is 12.4 Å². The van der Waals surface area contributed by atoms with E-state index in [0.29, 0.717) is 12.1 Å². The number of piperidine rings is 1. The first-order valence-corrected chi connectivity index (χ1v) is 7.08. The van der Waals surface area contributed by atoms with Crippen LogP contribution in [0.1, 0.15) is 12.0 Å². The van der Waals surface area contributed by atoms with Crippen LogP contribution in [0.25, 0.3) is 0 Å². The summed E-state index contributed by atoms with van der Waals surface area (Å²) in [5, 5.41) is 6.00. The van der Waals surface area contributed by atoms with Crippen LogP contribution in [0.15, 0.2) is 18.2 Å². The summed E-state index contributed by atoms with van der Waals surface area (Å²) in [6, 6.07) is 4.20. The molecular formula is C14H18ClFN2O3. The molecule has 2 N–H and O–H groups in total. The molecule has 1 amide bonds. The fraction of sp³-hybridized carbons (Fsp3) is 0.500. The third kappa shape index (κ3) is 4.56. The summed E-state index contributed by atoms with van der Waals surface area (Å²) >= 11 is 5.59. The van der Waals surface area contributed by atoms with Crippen LogP contribution in [0.5, 0.6) is 0 Å². The Hall–Kier alpha value is -1.37. The number of hydrogen-bond donors (Lipinski definition) is 2. The molecule has 0 spiro atoms. The van der Waals surface area contributed by atoms with Crippen LogP contribution in [0.4, 0.5) is 9.18 Å². The van der Waals surface area contributed by atoms with E-state index in [-0.39, 0.29) is 23.8 Å². The molecule has 1 fully saturated rings. The van der Waals surface area contributed by atoms with Crippen molar-refractivity contribution in [2.24, 2.45) is 0 Å². The topological polar surface area (TPSA) is 59.6 Å². The SMILES string of the molecule is CO[C@H]1CNCC[C@H]1NC(=O)OCc1ccc(Cl)c(F)c1. The maximum absolute atomic E-state index is 13.3. The Kier molecular flexibility index (Phi) is 5.78. The summed E-state index contributed by atoms with van der Waals surface area (Å²) in [7, 11) is 1.61. The number of ether oxygens (including phenoxy) is 2. The Morgan fingerprint density at radius 2 is 2.38 bits per heavy atom. The van der Waals surface area contributed by atoms with Gasteiger partial charge in [-0.25, -0.2) is 9.18 Å². The predicted molar refractivity (Wildman–Crippen MR) is 76.8 cm³/mol. The van der Waals surface area contributed by atoms with Crippen LogP contribution in [0, 0.1) is 5.82 Å². The number of benzene rings is 1. The lowest BCUT2D eigenvalue weighted by atomic mass is 10.0. The fourth-order valence-electron chi connectivity index (χ4n) is 2.21. The molecule has 0 unspecified atom stereocenters. The molecule has 7 heteroatoms. The second-order valence-corrected chi connectivity index (χ2v) is 5.25. The van der Waals surface area contributed by atoms with E-state index in [0.717, 1.165) is 13.0 Å². The van der Waals surface area contributed by atoms with Gasteiger partial charge in [-0.3, -0.25) is 0 Å². The molecule has 116 valence electrons. The zero-order valence-corrected chi connectivity index (χ0v) is 12.5. The van der Waals surface area contributed by atoms with E-state index in [1.165, 1.54) is 12.1 Å². The molecule has 21 heavy (non-hydrogen) atoms. The van der Waals surface area contributed by atoms with Gasteiger partial charge in [0.15, 0.2) is 0 Å². The van der Waals surface area contributed by atoms with Gasteiger partial charge in [-0.15, -0.1) is 0 Å². The van der Waals surface area contributed by atoms with Crippen molar-refractivity contribution in [3.05, 3.63) is 34.6 Å². The molecule has 0 radical (unpaired) electrons. The molecule has 0 saturated carbocycles. The summed E-state index contributed by atoms with van der Waals surface area (Å²) in [6.07, 6.45) is 0.141. The number of carbonyl (C=O) groups excluding carboxylic acids is 1. The van der Waals surface area contributed by atoms with Gasteiger partial charge in [0.05, 0.1) is 17.2 Å². The van der Waals surface area contributed by atoms with Crippen molar-refractivity contribution in [2.45, 2.75) is 25.2 Å². The van der Waals surface area contributed by atoms with Crippen molar-refractivity contribution < 1.29 is 18.7 Å². The van der Waals surface area contributed by atoms with Gasteiger partial charge < -0.3 is 20.1 Å². The minimum atomic E-state index is -0.542. The number of rotatable bonds is 4. The van der Waals surface area contributed by atoms with Crippen molar-refractivity contribution in [3.8, 4) is 0 Å². The highest BCUT2D eigenvalue weighted by atomic mass is 35.5. The predicted octanol–water partition coefficient (Wildman–Crippen LogP) is 2.08. The number of hydrogen-bond acceptors (Lipinski definition) is 4. The first kappa shape index (κ1) is 16.0. The van der Waals surface area contributed by atoms with E-state index in [4.69, 9.17) is 21.1 Å². The Balaban J connectivity index is 1.82. The van der Waals surface area contributed by atoms with Crippen LogP contribution in [-0.4, -0.2) is 38.4 Å². The van der Waals surface area contributed by atoms with Gasteiger partial charge in [-0.1, -0.05) is 17.7 Å². The van der Waals surface area contributed by atoms with Gasteiger partial charge in [-0.05, 0) is 30.7 Å². The smallest absolute Gasteiger partial charge is 0.407 e. The summed E-state index contributed by atoms with van der Waals surface area (Å²) in [5.74, 6) is -0.532. The number of methoxy groups -OCH3 is 1. The third-order valence-electron chi connectivity index (χ3n) is 3.39. The standard InChI is InChI=1S/C14H18ClFN2O3/c1-20-13-7-17-5-4-12(13)18-14(19)21-8-9-2-3-10(15)11(16)6-9/h2-3,6,12-13,17H,4-5,7-8H2,1H3,(H,18,19)/t12-,13+/m1/s1. The van der Waals surface area contributed by atoms with E-state index in [2.05, 4.69) is 10.6 Å². The summed E-state index contributed by atoms with van der Waals surface area (Å²) < 4.78 is 23.6. The lowest BCUT2D eigenvalue weighted by Crippen LogP contribution is -2.53. The monoisotopic (exact) mass is 316 g/mol. The van der Waals surface area contributed by atoms with Gasteiger partial charge in [-0.2, -0.15) is 0 Å². The molecule has 1 aromatic carbocycles. The molecule has 1 aliphatic heterocycles. The van der Waals surface area contributed by atoms with Crippen molar-refractivity contribution >= 4 is 17.7 Å². The van der Waals surface area contributed by atoms with Crippen LogP contribution in [0.3, 0.4) is 0 Å². The van der Waals surface area contributed by atoms with E-state index >= 15 is 0 Å². The number of carbonyl (C=O) groups is 1. The highest BCUT2D eigenvalue weighted by Gasteiger charge is 2.26. The molecule has 1 heterocycles. The number of halogens is 2. The second-order valence-electron chi connectivity index (χ2n) is 4.84. The van der Waals surface area contributed by atoms with Crippen molar-refractivity contribution in [3.63, 3.8) is 0 Å². The molecule has 2 atom stereocenters. The molecule has 1 aromatic rings. The van der Waals surface area contributed by atoms with E-state index in [1.54, 1.807) is 13.2 Å². The maximum Gasteiger partial charge on any atom is 0.407 e. The number of amides is 1. The second kappa shape index (κ2) is 7.59. The van der Waals surface area contributed by atoms with Gasteiger partial charge >= 0.3 is 6.09 Å². The molecule has 1 saturated heterocycles. The molecule has 0 bridgehead atoms. The normalized spacial score (nSPS) is 21.9. The number of alkyl carbamates (subject to hydrolysis) is 1. The van der Waals surface area contributed by atoms with Gasteiger partial charge in [0.25, 0.3) is 0 Å². The quantitative estimate of drug-likeness (QED) is 0.893. The molecule has 1 aliphatic rings. The van der Waals surface area contributed by atoms with Crippen LogP contribution < -0.4 is 10.6 Å². The average Bonchev–Trinajstić information content (AvgIpc) is 2.49. The third-order valence-corrected chi connectivity index (χ3v) is 3.69. The maximum atomic E-state index is 13.3. The van der Waals surface area contributed by atoms with E-state index < -0.39 is 11.9 Å². The Morgan fingerprint density at radius 3 is 3.10 bits per heavy atom.